The molecule has 3 amide bonds. The number of rotatable bonds is 7. The van der Waals surface area contributed by atoms with Gasteiger partial charge in [0.25, 0.3) is 11.8 Å². The summed E-state index contributed by atoms with van der Waals surface area (Å²) >= 11 is 0. The molecule has 0 aromatic heterocycles. The van der Waals surface area contributed by atoms with Crippen molar-refractivity contribution in [1.82, 2.24) is 0 Å². The number of carbonyl (C=O) groups excluding carboxylic acids is 3. The second kappa shape index (κ2) is 10.4. The first kappa shape index (κ1) is 24.7. The fourth-order valence-electron chi connectivity index (χ4n) is 3.37. The summed E-state index contributed by atoms with van der Waals surface area (Å²) in [6.45, 7) is 5.12. The average molecular weight is 498 g/mol. The van der Waals surface area contributed by atoms with Gasteiger partial charge in [0.2, 0.25) is 5.91 Å². The zero-order chi connectivity index (χ0) is 26.5. The molecule has 0 bridgehead atoms. The van der Waals surface area contributed by atoms with Crippen LogP contribution in [0.1, 0.15) is 27.6 Å². The van der Waals surface area contributed by atoms with Crippen molar-refractivity contribution in [2.75, 3.05) is 21.3 Å². The lowest BCUT2D eigenvalue weighted by atomic mass is 10.1. The van der Waals surface area contributed by atoms with Gasteiger partial charge in [0.15, 0.2) is 5.70 Å². The normalized spacial score (nSPS) is 12.7. The maximum Gasteiger partial charge on any atom is 0.279 e. The number of anilines is 4. The SMILES string of the molecule is C=C1Nc2ccc(NC(=O)C(N=Nc3ccc(C(=O)Nc4ccc(C(N)=O)cc4)cc3)=C(C)O)cc2N1. The van der Waals surface area contributed by atoms with E-state index in [4.69, 9.17) is 5.73 Å². The molecule has 3 aromatic rings. The molecule has 11 heteroatoms. The fourth-order valence-corrected chi connectivity index (χ4v) is 3.37. The highest BCUT2D eigenvalue weighted by molar-refractivity contribution is 6.05. The van der Waals surface area contributed by atoms with Gasteiger partial charge < -0.3 is 32.1 Å². The Kier molecular flexibility index (Phi) is 6.96. The van der Waals surface area contributed by atoms with Crippen molar-refractivity contribution in [3.63, 3.8) is 0 Å². The third-order valence-corrected chi connectivity index (χ3v) is 5.23. The predicted octanol–water partition coefficient (Wildman–Crippen LogP) is 4.86. The first-order valence-corrected chi connectivity index (χ1v) is 11.0. The number of benzene rings is 3. The van der Waals surface area contributed by atoms with Crippen LogP contribution in [0.25, 0.3) is 0 Å². The van der Waals surface area contributed by atoms with Crippen molar-refractivity contribution in [3.8, 4) is 0 Å². The van der Waals surface area contributed by atoms with Crippen molar-refractivity contribution in [2.45, 2.75) is 6.92 Å². The number of nitrogens with one attached hydrogen (secondary N) is 4. The van der Waals surface area contributed by atoms with Crippen LogP contribution in [0.15, 0.2) is 101 Å². The van der Waals surface area contributed by atoms with Gasteiger partial charge in [-0.15, -0.1) is 5.11 Å². The van der Waals surface area contributed by atoms with Crippen LogP contribution in [-0.2, 0) is 4.79 Å². The van der Waals surface area contributed by atoms with Gasteiger partial charge in [0.1, 0.15) is 11.6 Å². The minimum Gasteiger partial charge on any atom is -0.510 e. The molecular weight excluding hydrogens is 474 g/mol. The van der Waals surface area contributed by atoms with Crippen LogP contribution in [0.2, 0.25) is 0 Å². The Labute approximate surface area is 211 Å². The molecule has 1 heterocycles. The van der Waals surface area contributed by atoms with E-state index in [2.05, 4.69) is 38.1 Å². The first-order valence-electron chi connectivity index (χ1n) is 11.0. The summed E-state index contributed by atoms with van der Waals surface area (Å²) in [6.07, 6.45) is 0. The molecule has 11 nitrogen and oxygen atoms in total. The van der Waals surface area contributed by atoms with Crippen LogP contribution in [0.4, 0.5) is 28.4 Å². The van der Waals surface area contributed by atoms with Crippen molar-refractivity contribution < 1.29 is 19.5 Å². The zero-order valence-corrected chi connectivity index (χ0v) is 19.7. The topological polar surface area (TPSA) is 170 Å². The number of allylic oxidation sites excluding steroid dienone is 1. The van der Waals surface area contributed by atoms with Gasteiger partial charge in [-0.3, -0.25) is 14.4 Å². The van der Waals surface area contributed by atoms with Crippen LogP contribution in [0, 0.1) is 0 Å². The number of carbonyl (C=O) groups is 3. The van der Waals surface area contributed by atoms with Crippen molar-refractivity contribution >= 4 is 46.2 Å². The van der Waals surface area contributed by atoms with E-state index in [0.717, 1.165) is 11.4 Å². The number of nitrogens with two attached hydrogens (primary N) is 1. The largest absolute Gasteiger partial charge is 0.510 e. The summed E-state index contributed by atoms with van der Waals surface area (Å²) in [7, 11) is 0. The molecule has 1 aliphatic rings. The highest BCUT2D eigenvalue weighted by Gasteiger charge is 2.17. The van der Waals surface area contributed by atoms with Crippen molar-refractivity contribution in [2.24, 2.45) is 16.0 Å². The van der Waals surface area contributed by atoms with E-state index in [-0.39, 0.29) is 17.4 Å². The Bertz CT molecular complexity index is 1460. The summed E-state index contributed by atoms with van der Waals surface area (Å²) in [5.74, 6) is -1.26. The highest BCUT2D eigenvalue weighted by Crippen LogP contribution is 2.32. The lowest BCUT2D eigenvalue weighted by Gasteiger charge is -2.08. The van der Waals surface area contributed by atoms with E-state index in [9.17, 15) is 19.5 Å². The monoisotopic (exact) mass is 497 g/mol. The standard InChI is InChI=1S/C26H23N7O4/c1-14(34)23(26(37)31-20-11-12-21-22(13-20)29-15(2)28-21)33-32-19-9-5-17(6-10-19)25(36)30-18-7-3-16(4-8-18)24(27)35/h3-13,28-29,34H,2H2,1H3,(H2,27,35)(H,30,36)(H,31,37). The van der Waals surface area contributed by atoms with Crippen LogP contribution in [-0.4, -0.2) is 22.8 Å². The third kappa shape index (κ3) is 5.98. The summed E-state index contributed by atoms with van der Waals surface area (Å²) in [6, 6.07) is 17.5. The van der Waals surface area contributed by atoms with Crippen LogP contribution >= 0.6 is 0 Å². The molecule has 0 saturated heterocycles. The molecule has 4 rings (SSSR count). The molecule has 1 aliphatic heterocycles. The number of azo groups is 1. The number of primary amides is 1. The number of amides is 3. The van der Waals surface area contributed by atoms with Gasteiger partial charge in [0.05, 0.1) is 17.1 Å². The summed E-state index contributed by atoms with van der Waals surface area (Å²) in [4.78, 5) is 36.3. The quantitative estimate of drug-likeness (QED) is 0.155. The molecule has 0 radical (unpaired) electrons. The Balaban J connectivity index is 1.40. The predicted molar refractivity (Wildman–Crippen MR) is 141 cm³/mol. The Morgan fingerprint density at radius 3 is 2.14 bits per heavy atom. The van der Waals surface area contributed by atoms with Gasteiger partial charge >= 0.3 is 0 Å². The van der Waals surface area contributed by atoms with Crippen LogP contribution < -0.4 is 27.0 Å². The third-order valence-electron chi connectivity index (χ3n) is 5.23. The van der Waals surface area contributed by atoms with Gasteiger partial charge in [0, 0.05) is 22.5 Å². The number of fused-ring (bicyclic) bond motifs is 1. The summed E-state index contributed by atoms with van der Waals surface area (Å²) in [5.41, 5.74) is 8.56. The number of hydrogen-bond donors (Lipinski definition) is 6. The van der Waals surface area contributed by atoms with Crippen LogP contribution in [0.3, 0.4) is 0 Å². The molecule has 37 heavy (non-hydrogen) atoms. The molecule has 0 saturated carbocycles. The molecule has 7 N–H and O–H groups in total. The number of nitrogens with zero attached hydrogens (tertiary/aromatic N) is 2. The molecule has 0 spiro atoms. The van der Waals surface area contributed by atoms with Crippen molar-refractivity contribution in [1.29, 1.82) is 0 Å². The maximum absolute atomic E-state index is 12.7. The van der Waals surface area contributed by atoms with Gasteiger partial charge in [-0.25, -0.2) is 0 Å². The average Bonchev–Trinajstić information content (AvgIpc) is 3.24. The highest BCUT2D eigenvalue weighted by atomic mass is 16.3. The lowest BCUT2D eigenvalue weighted by molar-refractivity contribution is -0.113. The second-order valence-corrected chi connectivity index (χ2v) is 8.02. The minimum atomic E-state index is -0.646. The van der Waals surface area contributed by atoms with E-state index < -0.39 is 11.8 Å². The smallest absolute Gasteiger partial charge is 0.279 e. The van der Waals surface area contributed by atoms with Crippen LogP contribution in [0.5, 0.6) is 0 Å². The molecule has 3 aromatic carbocycles. The number of aliphatic hydroxyl groups excluding tert-OH is 1. The number of aliphatic hydroxyl groups is 1. The van der Waals surface area contributed by atoms with E-state index in [0.29, 0.717) is 34.0 Å². The Hall–Kier alpha value is -5.45. The molecule has 0 aliphatic carbocycles. The molecule has 0 unspecified atom stereocenters. The first-order chi connectivity index (χ1) is 17.7. The minimum absolute atomic E-state index is 0.266. The maximum atomic E-state index is 12.7. The molecule has 0 fully saturated rings. The van der Waals surface area contributed by atoms with Crippen molar-refractivity contribution in [3.05, 3.63) is 102 Å². The zero-order valence-electron chi connectivity index (χ0n) is 19.7. The van der Waals surface area contributed by atoms with E-state index in [1.807, 2.05) is 0 Å². The Morgan fingerprint density at radius 1 is 0.865 bits per heavy atom. The van der Waals surface area contributed by atoms with Gasteiger partial charge in [-0.1, -0.05) is 6.58 Å². The Morgan fingerprint density at radius 2 is 1.49 bits per heavy atom. The number of hydrogen-bond acceptors (Lipinski definition) is 8. The van der Waals surface area contributed by atoms with E-state index >= 15 is 0 Å². The fraction of sp³-hybridized carbons (Fsp3) is 0.0385. The second-order valence-electron chi connectivity index (χ2n) is 8.02. The molecule has 186 valence electrons. The molecular formula is C26H23N7O4. The lowest BCUT2D eigenvalue weighted by Crippen LogP contribution is -2.14. The summed E-state index contributed by atoms with van der Waals surface area (Å²) in [5, 5.41) is 29.4. The van der Waals surface area contributed by atoms with Gasteiger partial charge in [-0.2, -0.15) is 5.11 Å². The van der Waals surface area contributed by atoms with Gasteiger partial charge in [-0.05, 0) is 73.7 Å². The van der Waals surface area contributed by atoms with E-state index in [1.54, 1.807) is 42.5 Å². The van der Waals surface area contributed by atoms with E-state index in [1.165, 1.54) is 31.2 Å². The summed E-state index contributed by atoms with van der Waals surface area (Å²) < 4.78 is 0. The molecule has 0 atom stereocenters.